The minimum Gasteiger partial charge on any atom is -0.370 e. The summed E-state index contributed by atoms with van der Waals surface area (Å²) >= 11 is 1.58. The second-order valence-electron chi connectivity index (χ2n) is 7.20. The number of ether oxygens (including phenoxy) is 1. The number of amides is 1. The third kappa shape index (κ3) is 6.38. The van der Waals surface area contributed by atoms with Gasteiger partial charge in [-0.25, -0.2) is 0 Å². The molecule has 27 heavy (non-hydrogen) atoms. The van der Waals surface area contributed by atoms with Crippen LogP contribution in [0.5, 0.6) is 0 Å². The molecule has 1 atom stereocenters. The predicted molar refractivity (Wildman–Crippen MR) is 110 cm³/mol. The van der Waals surface area contributed by atoms with Crippen molar-refractivity contribution in [3.8, 4) is 0 Å². The number of hydrogen-bond acceptors (Lipinski definition) is 3. The van der Waals surface area contributed by atoms with E-state index in [1.165, 1.54) is 21.6 Å². The van der Waals surface area contributed by atoms with E-state index in [4.69, 9.17) is 4.74 Å². The lowest BCUT2D eigenvalue weighted by molar-refractivity contribution is -0.909. The number of rotatable bonds is 7. The number of nitrogens with one attached hydrogen (secondary N) is 2. The van der Waals surface area contributed by atoms with E-state index in [-0.39, 0.29) is 11.9 Å². The van der Waals surface area contributed by atoms with Crippen LogP contribution in [-0.4, -0.2) is 44.5 Å². The van der Waals surface area contributed by atoms with Gasteiger partial charge in [-0.15, -0.1) is 11.8 Å². The molecule has 0 bridgehead atoms. The minimum atomic E-state index is 0.0322. The zero-order valence-electron chi connectivity index (χ0n) is 16.2. The van der Waals surface area contributed by atoms with Gasteiger partial charge in [0.15, 0.2) is 0 Å². The van der Waals surface area contributed by atoms with Crippen LogP contribution in [-0.2, 0) is 9.53 Å². The van der Waals surface area contributed by atoms with Crippen molar-refractivity contribution in [2.24, 2.45) is 0 Å². The number of benzene rings is 2. The number of morpholine rings is 1. The van der Waals surface area contributed by atoms with E-state index in [1.807, 2.05) is 0 Å². The maximum Gasteiger partial charge on any atom is 0.231 e. The highest BCUT2D eigenvalue weighted by Crippen LogP contribution is 2.19. The first-order chi connectivity index (χ1) is 13.1. The second-order valence-corrected chi connectivity index (χ2v) is 8.25. The molecule has 1 amide bonds. The van der Waals surface area contributed by atoms with Crippen LogP contribution in [0.4, 0.5) is 0 Å². The fourth-order valence-electron chi connectivity index (χ4n) is 3.22. The van der Waals surface area contributed by atoms with Crippen LogP contribution in [0.15, 0.2) is 53.4 Å². The minimum absolute atomic E-state index is 0.0322. The summed E-state index contributed by atoms with van der Waals surface area (Å²) in [5.74, 6) is 0.517. The number of carbonyl (C=O) groups is 1. The summed E-state index contributed by atoms with van der Waals surface area (Å²) in [6.45, 7) is 8.64. The zero-order valence-corrected chi connectivity index (χ0v) is 17.0. The number of aryl methyl sites for hydroxylation is 2. The quantitative estimate of drug-likeness (QED) is 0.718. The number of thioether (sulfide) groups is 1. The van der Waals surface area contributed by atoms with Gasteiger partial charge in [0.1, 0.15) is 25.7 Å². The molecule has 1 aliphatic rings. The van der Waals surface area contributed by atoms with Crippen molar-refractivity contribution >= 4 is 17.7 Å². The average Bonchev–Trinajstić information content (AvgIpc) is 2.68. The molecule has 0 aliphatic carbocycles. The summed E-state index contributed by atoms with van der Waals surface area (Å²) in [5, 5.41) is 3.26. The Morgan fingerprint density at radius 3 is 2.26 bits per heavy atom. The van der Waals surface area contributed by atoms with Gasteiger partial charge in [0.05, 0.1) is 19.0 Å². The van der Waals surface area contributed by atoms with E-state index in [9.17, 15) is 4.79 Å². The van der Waals surface area contributed by atoms with Crippen LogP contribution < -0.4 is 10.2 Å². The van der Waals surface area contributed by atoms with E-state index in [0.717, 1.165) is 37.7 Å². The summed E-state index contributed by atoms with van der Waals surface area (Å²) < 4.78 is 5.47. The first kappa shape index (κ1) is 19.9. The van der Waals surface area contributed by atoms with Crippen molar-refractivity contribution in [3.63, 3.8) is 0 Å². The average molecular weight is 386 g/mol. The molecule has 3 rings (SSSR count). The highest BCUT2D eigenvalue weighted by molar-refractivity contribution is 8.00. The standard InChI is InChI=1S/C22H28N2O2S/c1-17-3-7-19(8-4-17)21(15-24-11-13-26-14-12-24)23-22(25)16-27-20-9-5-18(2)6-10-20/h3-10,21H,11-16H2,1-2H3,(H,23,25)/p+1/t21-/m1/s1. The van der Waals surface area contributed by atoms with Crippen LogP contribution in [0.1, 0.15) is 22.7 Å². The van der Waals surface area contributed by atoms with Gasteiger partial charge in [-0.05, 0) is 31.5 Å². The van der Waals surface area contributed by atoms with Crippen LogP contribution in [0.2, 0.25) is 0 Å². The second kappa shape index (κ2) is 9.93. The molecule has 0 spiro atoms. The molecule has 1 heterocycles. The zero-order chi connectivity index (χ0) is 19.1. The first-order valence-electron chi connectivity index (χ1n) is 9.57. The highest BCUT2D eigenvalue weighted by atomic mass is 32.2. The summed E-state index contributed by atoms with van der Waals surface area (Å²) in [7, 11) is 0. The highest BCUT2D eigenvalue weighted by Gasteiger charge is 2.23. The predicted octanol–water partition coefficient (Wildman–Crippen LogP) is 2.17. The number of hydrogen-bond donors (Lipinski definition) is 2. The van der Waals surface area contributed by atoms with Gasteiger partial charge in [-0.3, -0.25) is 4.79 Å². The van der Waals surface area contributed by atoms with Crippen molar-refractivity contribution in [3.05, 3.63) is 65.2 Å². The lowest BCUT2D eigenvalue weighted by atomic mass is 10.0. The van der Waals surface area contributed by atoms with Gasteiger partial charge >= 0.3 is 0 Å². The Hall–Kier alpha value is -1.82. The van der Waals surface area contributed by atoms with Crippen molar-refractivity contribution in [1.29, 1.82) is 0 Å². The van der Waals surface area contributed by atoms with E-state index >= 15 is 0 Å². The van der Waals surface area contributed by atoms with Gasteiger partial charge < -0.3 is 15.0 Å². The van der Waals surface area contributed by atoms with Gasteiger partial charge in [-0.1, -0.05) is 47.5 Å². The van der Waals surface area contributed by atoms with Crippen molar-refractivity contribution in [2.45, 2.75) is 24.8 Å². The summed E-state index contributed by atoms with van der Waals surface area (Å²) in [5.41, 5.74) is 3.64. The maximum absolute atomic E-state index is 12.6. The molecule has 1 fully saturated rings. The van der Waals surface area contributed by atoms with Crippen LogP contribution in [0, 0.1) is 13.8 Å². The largest absolute Gasteiger partial charge is 0.370 e. The topological polar surface area (TPSA) is 42.8 Å². The fraction of sp³-hybridized carbons (Fsp3) is 0.409. The smallest absolute Gasteiger partial charge is 0.231 e. The fourth-order valence-corrected chi connectivity index (χ4v) is 3.93. The molecule has 0 radical (unpaired) electrons. The molecule has 1 saturated heterocycles. The summed E-state index contributed by atoms with van der Waals surface area (Å²) in [4.78, 5) is 15.2. The maximum atomic E-state index is 12.6. The van der Waals surface area contributed by atoms with Crippen molar-refractivity contribution in [1.82, 2.24) is 5.32 Å². The molecule has 1 aliphatic heterocycles. The van der Waals surface area contributed by atoms with E-state index in [0.29, 0.717) is 5.75 Å². The molecule has 0 saturated carbocycles. The van der Waals surface area contributed by atoms with Crippen molar-refractivity contribution in [2.75, 3.05) is 38.6 Å². The monoisotopic (exact) mass is 385 g/mol. The Kier molecular flexibility index (Phi) is 7.33. The normalized spacial score (nSPS) is 16.1. The van der Waals surface area contributed by atoms with E-state index in [2.05, 4.69) is 67.7 Å². The Labute approximate surface area is 166 Å². The molecule has 144 valence electrons. The summed E-state index contributed by atoms with van der Waals surface area (Å²) in [6.07, 6.45) is 0. The van der Waals surface area contributed by atoms with Crippen molar-refractivity contribution < 1.29 is 14.4 Å². The van der Waals surface area contributed by atoms with E-state index < -0.39 is 0 Å². The molecule has 2 N–H and O–H groups in total. The van der Waals surface area contributed by atoms with Gasteiger partial charge in [0.25, 0.3) is 0 Å². The van der Waals surface area contributed by atoms with Gasteiger partial charge in [-0.2, -0.15) is 0 Å². The molecular weight excluding hydrogens is 356 g/mol. The lowest BCUT2D eigenvalue weighted by Gasteiger charge is -2.28. The van der Waals surface area contributed by atoms with Crippen LogP contribution in [0.25, 0.3) is 0 Å². The Bertz CT molecular complexity index is 725. The van der Waals surface area contributed by atoms with Gasteiger partial charge in [0.2, 0.25) is 5.91 Å². The molecule has 2 aromatic carbocycles. The SMILES string of the molecule is Cc1ccc(SCC(=O)N[C@H](C[NH+]2CCOCC2)c2ccc(C)cc2)cc1. The molecular formula is C22H29N2O2S+. The number of quaternary nitrogens is 1. The molecule has 0 aromatic heterocycles. The molecule has 0 unspecified atom stereocenters. The van der Waals surface area contributed by atoms with Crippen LogP contribution in [0.3, 0.4) is 0 Å². The third-order valence-electron chi connectivity index (χ3n) is 4.90. The Balaban J connectivity index is 1.61. The third-order valence-corrected chi connectivity index (χ3v) is 5.91. The first-order valence-corrected chi connectivity index (χ1v) is 10.6. The van der Waals surface area contributed by atoms with E-state index in [1.54, 1.807) is 11.8 Å². The van der Waals surface area contributed by atoms with Gasteiger partial charge in [0, 0.05) is 4.90 Å². The Morgan fingerprint density at radius 2 is 1.63 bits per heavy atom. The lowest BCUT2D eigenvalue weighted by Crippen LogP contribution is -3.14. The van der Waals surface area contributed by atoms with Crippen LogP contribution >= 0.6 is 11.8 Å². The molecule has 4 nitrogen and oxygen atoms in total. The number of carbonyl (C=O) groups excluding carboxylic acids is 1. The Morgan fingerprint density at radius 1 is 1.04 bits per heavy atom. The molecule has 5 heteroatoms. The summed E-state index contributed by atoms with van der Waals surface area (Å²) in [6, 6.07) is 16.8. The molecule has 2 aromatic rings.